The van der Waals surface area contributed by atoms with E-state index in [2.05, 4.69) is 20.8 Å². The van der Waals surface area contributed by atoms with Crippen LogP contribution in [0.2, 0.25) is 0 Å². The topological polar surface area (TPSA) is 37.3 Å². The summed E-state index contributed by atoms with van der Waals surface area (Å²) >= 11 is 0. The van der Waals surface area contributed by atoms with Crippen molar-refractivity contribution in [1.29, 1.82) is 0 Å². The Kier molecular flexibility index (Phi) is 25.5. The lowest BCUT2D eigenvalue weighted by atomic mass is 10.0. The van der Waals surface area contributed by atoms with E-state index >= 15 is 0 Å². The van der Waals surface area contributed by atoms with Gasteiger partial charge >= 0.3 is 5.97 Å². The van der Waals surface area contributed by atoms with E-state index in [1.807, 2.05) is 0 Å². The fraction of sp³-hybridized carbons (Fsp3) is 0.952. The van der Waals surface area contributed by atoms with E-state index in [-0.39, 0.29) is 0 Å². The van der Waals surface area contributed by atoms with Crippen LogP contribution >= 0.6 is 0 Å². The quantitative estimate of drug-likeness (QED) is 0.294. The number of unbranched alkanes of at least 4 members (excludes halogenated alkanes) is 14. The molecule has 2 heteroatoms. The summed E-state index contributed by atoms with van der Waals surface area (Å²) in [5, 5.41) is 8.52. The second-order valence-corrected chi connectivity index (χ2v) is 6.80. The lowest BCUT2D eigenvalue weighted by Crippen LogP contribution is -1.93. The van der Waals surface area contributed by atoms with Gasteiger partial charge in [0.15, 0.2) is 0 Å². The zero-order valence-electron chi connectivity index (χ0n) is 16.4. The van der Waals surface area contributed by atoms with E-state index in [1.165, 1.54) is 89.9 Å². The third kappa shape index (κ3) is 30.0. The van der Waals surface area contributed by atoms with Crippen LogP contribution in [0.4, 0.5) is 0 Å². The van der Waals surface area contributed by atoms with Crippen molar-refractivity contribution >= 4 is 5.97 Å². The highest BCUT2D eigenvalue weighted by Gasteiger charge is 1.97. The van der Waals surface area contributed by atoms with E-state index in [0.29, 0.717) is 6.42 Å². The number of rotatable bonds is 16. The summed E-state index contributed by atoms with van der Waals surface area (Å²) in [4.78, 5) is 10.3. The normalized spacial score (nSPS) is 10.2. The van der Waals surface area contributed by atoms with Crippen LogP contribution in [0.5, 0.6) is 0 Å². The van der Waals surface area contributed by atoms with Crippen molar-refractivity contribution in [3.63, 3.8) is 0 Å². The number of carboxylic acid groups (broad SMARTS) is 1. The fourth-order valence-corrected chi connectivity index (χ4v) is 2.65. The highest BCUT2D eigenvalue weighted by molar-refractivity contribution is 5.66. The van der Waals surface area contributed by atoms with Gasteiger partial charge in [0.05, 0.1) is 0 Å². The van der Waals surface area contributed by atoms with Gasteiger partial charge in [0.2, 0.25) is 0 Å². The van der Waals surface area contributed by atoms with Crippen LogP contribution in [0.1, 0.15) is 130 Å². The highest BCUT2D eigenvalue weighted by Crippen LogP contribution is 2.13. The maximum atomic E-state index is 10.3. The maximum Gasteiger partial charge on any atom is 0.303 e. The van der Waals surface area contributed by atoms with E-state index in [9.17, 15) is 4.79 Å². The first kappa shape index (κ1) is 24.7. The van der Waals surface area contributed by atoms with E-state index in [1.54, 1.807) is 0 Å². The summed E-state index contributed by atoms with van der Waals surface area (Å²) in [5.41, 5.74) is 0. The lowest BCUT2D eigenvalue weighted by Gasteiger charge is -2.03. The molecule has 0 spiro atoms. The number of carbonyl (C=O) groups is 1. The molecule has 0 fully saturated rings. The maximum absolute atomic E-state index is 10.3. The number of carboxylic acids is 1. The van der Waals surface area contributed by atoms with Gasteiger partial charge in [0.25, 0.3) is 0 Å². The van der Waals surface area contributed by atoms with Gasteiger partial charge in [-0.2, -0.15) is 0 Å². The van der Waals surface area contributed by atoms with Crippen molar-refractivity contribution in [3.8, 4) is 0 Å². The van der Waals surface area contributed by atoms with Crippen molar-refractivity contribution in [3.05, 3.63) is 0 Å². The average molecular weight is 329 g/mol. The Balaban J connectivity index is 0. The molecule has 2 nitrogen and oxygen atoms in total. The van der Waals surface area contributed by atoms with Gasteiger partial charge in [-0.25, -0.2) is 0 Å². The molecule has 0 aliphatic carbocycles. The molecule has 0 atom stereocenters. The number of aliphatic carboxylic acids is 1. The average Bonchev–Trinajstić information content (AvgIpc) is 2.51. The zero-order valence-corrected chi connectivity index (χ0v) is 16.4. The van der Waals surface area contributed by atoms with Gasteiger partial charge in [0, 0.05) is 6.42 Å². The molecule has 0 aromatic rings. The van der Waals surface area contributed by atoms with Crippen LogP contribution in [0.15, 0.2) is 0 Å². The molecule has 0 aliphatic rings. The van der Waals surface area contributed by atoms with Gasteiger partial charge < -0.3 is 5.11 Å². The molecule has 0 bridgehead atoms. The summed E-state index contributed by atoms with van der Waals surface area (Å²) in [5.74, 6) is -0.653. The lowest BCUT2D eigenvalue weighted by molar-refractivity contribution is -0.137. The molecule has 0 saturated heterocycles. The molecule has 0 aromatic carbocycles. The van der Waals surface area contributed by atoms with Gasteiger partial charge in [0.1, 0.15) is 0 Å². The smallest absolute Gasteiger partial charge is 0.303 e. The Bertz CT molecular complexity index is 214. The Morgan fingerprint density at radius 1 is 0.565 bits per heavy atom. The van der Waals surface area contributed by atoms with Crippen LogP contribution in [-0.2, 0) is 4.79 Å². The number of hydrogen-bond donors (Lipinski definition) is 1. The highest BCUT2D eigenvalue weighted by atomic mass is 16.4. The van der Waals surface area contributed by atoms with E-state index in [4.69, 9.17) is 5.11 Å². The first-order valence-corrected chi connectivity index (χ1v) is 10.4. The second-order valence-electron chi connectivity index (χ2n) is 6.80. The minimum absolute atomic E-state index is 0.345. The third-order valence-electron chi connectivity index (χ3n) is 3.99. The molecule has 0 saturated carbocycles. The Morgan fingerprint density at radius 3 is 1.09 bits per heavy atom. The molecule has 0 amide bonds. The van der Waals surface area contributed by atoms with Crippen LogP contribution in [0.3, 0.4) is 0 Å². The molecule has 23 heavy (non-hydrogen) atoms. The molecule has 0 heterocycles. The molecular formula is C21H44O2. The monoisotopic (exact) mass is 328 g/mol. The molecule has 140 valence electrons. The van der Waals surface area contributed by atoms with E-state index < -0.39 is 5.97 Å². The van der Waals surface area contributed by atoms with Crippen molar-refractivity contribution in [2.24, 2.45) is 0 Å². The molecule has 0 rings (SSSR count). The van der Waals surface area contributed by atoms with Crippen LogP contribution in [0.25, 0.3) is 0 Å². The largest absolute Gasteiger partial charge is 0.481 e. The Labute approximate surface area is 146 Å². The second kappa shape index (κ2) is 23.7. The summed E-state index contributed by atoms with van der Waals surface area (Å²) in [6.45, 7) is 6.52. The molecule has 0 aromatic heterocycles. The van der Waals surface area contributed by atoms with Crippen LogP contribution in [0, 0.1) is 0 Å². The number of hydrogen-bond acceptors (Lipinski definition) is 1. The summed E-state index contributed by atoms with van der Waals surface area (Å²) in [6.07, 6.45) is 21.4. The molecular weight excluding hydrogens is 284 g/mol. The predicted molar refractivity (Wildman–Crippen MR) is 103 cm³/mol. The SMILES string of the molecule is CCC.CCCCCCCCCCCCCCCCCC(=O)O. The first-order chi connectivity index (χ1) is 11.2. The van der Waals surface area contributed by atoms with Crippen molar-refractivity contribution in [1.82, 2.24) is 0 Å². The van der Waals surface area contributed by atoms with Crippen LogP contribution in [-0.4, -0.2) is 11.1 Å². The standard InChI is InChI=1S/C18H36O2.C3H8/c1-2-3-4-5-6-7-8-9-10-11-12-13-14-15-16-17-18(19)20;1-3-2/h2-17H2,1H3,(H,19,20);3H2,1-2H3. The molecule has 0 radical (unpaired) electrons. The summed E-state index contributed by atoms with van der Waals surface area (Å²) < 4.78 is 0. The fourth-order valence-electron chi connectivity index (χ4n) is 2.65. The van der Waals surface area contributed by atoms with Crippen molar-refractivity contribution in [2.75, 3.05) is 0 Å². The van der Waals surface area contributed by atoms with Gasteiger partial charge in [-0.3, -0.25) is 4.79 Å². The van der Waals surface area contributed by atoms with Crippen LogP contribution < -0.4 is 0 Å². The van der Waals surface area contributed by atoms with Gasteiger partial charge in [-0.15, -0.1) is 0 Å². The van der Waals surface area contributed by atoms with Gasteiger partial charge in [-0.05, 0) is 6.42 Å². The molecule has 0 aliphatic heterocycles. The minimum atomic E-state index is -0.653. The van der Waals surface area contributed by atoms with Crippen molar-refractivity contribution < 1.29 is 9.90 Å². The zero-order chi connectivity index (χ0) is 17.6. The Morgan fingerprint density at radius 2 is 0.826 bits per heavy atom. The molecule has 0 unspecified atom stereocenters. The van der Waals surface area contributed by atoms with Gasteiger partial charge in [-0.1, -0.05) is 117 Å². The predicted octanol–water partition coefficient (Wildman–Crippen LogP) is 7.75. The van der Waals surface area contributed by atoms with Crippen molar-refractivity contribution in [2.45, 2.75) is 130 Å². The summed E-state index contributed by atoms with van der Waals surface area (Å²) in [7, 11) is 0. The first-order valence-electron chi connectivity index (χ1n) is 10.4. The minimum Gasteiger partial charge on any atom is -0.481 e. The summed E-state index contributed by atoms with van der Waals surface area (Å²) in [6, 6.07) is 0. The molecule has 1 N–H and O–H groups in total. The Hall–Kier alpha value is -0.530. The third-order valence-corrected chi connectivity index (χ3v) is 3.99. The van der Waals surface area contributed by atoms with E-state index in [0.717, 1.165) is 12.8 Å².